The molecule has 0 amide bonds. The van der Waals surface area contributed by atoms with Gasteiger partial charge in [0.1, 0.15) is 0 Å². The van der Waals surface area contributed by atoms with Crippen LogP contribution in [0.3, 0.4) is 0 Å². The number of aliphatic hydroxyl groups excluding tert-OH is 2. The van der Waals surface area contributed by atoms with Crippen molar-refractivity contribution in [3.05, 3.63) is 0 Å². The van der Waals surface area contributed by atoms with Crippen molar-refractivity contribution in [1.82, 2.24) is 0 Å². The Morgan fingerprint density at radius 2 is 1.57 bits per heavy atom. The van der Waals surface area contributed by atoms with Crippen LogP contribution in [0.5, 0.6) is 0 Å². The van der Waals surface area contributed by atoms with Gasteiger partial charge in [0.05, 0.1) is 15.6 Å². The highest BCUT2D eigenvalue weighted by Crippen LogP contribution is 2.03. The van der Waals surface area contributed by atoms with Crippen molar-refractivity contribution in [2.45, 2.75) is 32.2 Å². The minimum absolute atomic E-state index is 0.434. The number of rotatable bonds is 4. The predicted molar refractivity (Wildman–Crippen MR) is 49.0 cm³/mol. The second-order valence-electron chi connectivity index (χ2n) is 2.81. The summed E-state index contributed by atoms with van der Waals surface area (Å²) < 4.78 is 8.61. The Morgan fingerprint density at radius 1 is 1.14 bits per heavy atom. The van der Waals surface area contributed by atoms with Gasteiger partial charge in [-0.15, -0.1) is 0 Å². The number of carbonyl (C=O) groups is 2. The summed E-state index contributed by atoms with van der Waals surface area (Å²) in [4.78, 5) is 21.7. The molecule has 0 spiro atoms. The van der Waals surface area contributed by atoms with Gasteiger partial charge in [0.15, 0.2) is 12.2 Å². The van der Waals surface area contributed by atoms with Crippen molar-refractivity contribution in [2.24, 2.45) is 0 Å². The van der Waals surface area contributed by atoms with E-state index in [9.17, 15) is 9.59 Å². The van der Waals surface area contributed by atoms with Gasteiger partial charge < -0.3 is 19.5 Å². The molecule has 0 bridgehead atoms. The fourth-order valence-electron chi connectivity index (χ4n) is 0.630. The molecule has 0 aliphatic rings. The molecule has 0 saturated heterocycles. The zero-order valence-corrected chi connectivity index (χ0v) is 8.99. The molecule has 0 aliphatic carbocycles. The van der Waals surface area contributed by atoms with Crippen LogP contribution < -0.4 is 0 Å². The van der Waals surface area contributed by atoms with E-state index >= 15 is 0 Å². The van der Waals surface area contributed by atoms with Gasteiger partial charge in [0.2, 0.25) is 0 Å². The van der Waals surface area contributed by atoms with Crippen LogP contribution in [0.25, 0.3) is 0 Å². The molecule has 0 fully saturated rings. The summed E-state index contributed by atoms with van der Waals surface area (Å²) in [6.07, 6.45) is -4.29. The normalized spacial score (nSPS) is 14.7. The molecule has 6 nitrogen and oxygen atoms in total. The van der Waals surface area contributed by atoms with Crippen LogP contribution >= 0.6 is 9.47 Å². The summed E-state index contributed by atoms with van der Waals surface area (Å²) in [7, 11) is 1.60. The number of carbonyl (C=O) groups excluding carboxylic acids is 2. The van der Waals surface area contributed by atoms with E-state index in [-0.39, 0.29) is 0 Å². The first kappa shape index (κ1) is 13.3. The van der Waals surface area contributed by atoms with Gasteiger partial charge in [-0.25, -0.2) is 9.59 Å². The highest BCUT2D eigenvalue weighted by atomic mass is 31.0. The molecule has 7 heteroatoms. The Hall–Kier alpha value is -0.710. The van der Waals surface area contributed by atoms with Crippen molar-refractivity contribution in [2.75, 3.05) is 0 Å². The van der Waals surface area contributed by atoms with Crippen molar-refractivity contribution >= 4 is 21.4 Å². The fourth-order valence-corrected chi connectivity index (χ4v) is 0.769. The molecule has 0 saturated carbocycles. The summed E-state index contributed by atoms with van der Waals surface area (Å²) in [5.74, 6) is -2.19. The third-order valence-corrected chi connectivity index (χ3v) is 1.48. The molecule has 0 radical (unpaired) electrons. The largest absolute Gasteiger partial charge is 0.461 e. The topological polar surface area (TPSA) is 93.1 Å². The Labute approximate surface area is 83.5 Å². The third kappa shape index (κ3) is 4.00. The van der Waals surface area contributed by atoms with Crippen LogP contribution in [0.2, 0.25) is 0 Å². The maximum atomic E-state index is 11.0. The minimum Gasteiger partial charge on any atom is -0.461 e. The van der Waals surface area contributed by atoms with Gasteiger partial charge in [-0.1, -0.05) is 0 Å². The minimum atomic E-state index is -1.93. The van der Waals surface area contributed by atoms with E-state index in [1.165, 1.54) is 0 Å². The first-order chi connectivity index (χ1) is 6.40. The lowest BCUT2D eigenvalue weighted by molar-refractivity contribution is -0.170. The van der Waals surface area contributed by atoms with E-state index in [1.807, 2.05) is 0 Å². The van der Waals surface area contributed by atoms with Crippen LogP contribution in [-0.4, -0.2) is 40.5 Å². The molecule has 0 heterocycles. The summed E-state index contributed by atoms with van der Waals surface area (Å²) >= 11 is 0. The van der Waals surface area contributed by atoms with Crippen LogP contribution in [0.4, 0.5) is 0 Å². The highest BCUT2D eigenvalue weighted by Gasteiger charge is 2.32. The monoisotopic (exact) mass is 224 g/mol. The molecule has 0 aromatic rings. The SMILES string of the molecule is CC(C)OC(=O)[C@H](O)[C@@H](O)C(=O)OP. The lowest BCUT2D eigenvalue weighted by atomic mass is 10.2. The van der Waals surface area contributed by atoms with Crippen molar-refractivity contribution in [3.63, 3.8) is 0 Å². The summed E-state index contributed by atoms with van der Waals surface area (Å²) in [5.41, 5.74) is 0. The Morgan fingerprint density at radius 3 is 1.93 bits per heavy atom. The fraction of sp³-hybridized carbons (Fsp3) is 0.714. The van der Waals surface area contributed by atoms with E-state index in [1.54, 1.807) is 23.3 Å². The van der Waals surface area contributed by atoms with Gasteiger partial charge in [0, 0.05) is 0 Å². The number of ether oxygens (including phenoxy) is 1. The third-order valence-electron chi connectivity index (χ3n) is 1.25. The van der Waals surface area contributed by atoms with Gasteiger partial charge >= 0.3 is 11.9 Å². The molecule has 14 heavy (non-hydrogen) atoms. The molecule has 2 N–H and O–H groups in total. The second-order valence-corrected chi connectivity index (χ2v) is 3.05. The predicted octanol–water partition coefficient (Wildman–Crippen LogP) is -1.01. The van der Waals surface area contributed by atoms with Crippen molar-refractivity contribution < 1.29 is 29.1 Å². The standard InChI is InChI=1S/C7H13O6P/c1-3(2)12-6(10)4(8)5(9)7(11)13-14/h3-5,8-9H,14H2,1-2H3/t4-,5-/m1/s1. The maximum Gasteiger partial charge on any atom is 0.340 e. The van der Waals surface area contributed by atoms with E-state index < -0.39 is 30.3 Å². The molecule has 0 aliphatic heterocycles. The molecular formula is C7H13O6P. The second kappa shape index (κ2) is 5.90. The Bertz CT molecular complexity index is 216. The average Bonchev–Trinajstić information content (AvgIpc) is 2.13. The van der Waals surface area contributed by atoms with Gasteiger partial charge in [-0.05, 0) is 13.8 Å². The van der Waals surface area contributed by atoms with Gasteiger partial charge in [0.25, 0.3) is 0 Å². The lowest BCUT2D eigenvalue weighted by Gasteiger charge is -2.15. The zero-order valence-electron chi connectivity index (χ0n) is 7.84. The first-order valence-corrected chi connectivity index (χ1v) is 4.34. The summed E-state index contributed by atoms with van der Waals surface area (Å²) in [5, 5.41) is 18.1. The quantitative estimate of drug-likeness (QED) is 0.469. The van der Waals surface area contributed by atoms with Gasteiger partial charge in [-0.2, -0.15) is 0 Å². The Kier molecular flexibility index (Phi) is 5.60. The number of aliphatic hydroxyl groups is 2. The molecule has 0 aromatic carbocycles. The molecule has 0 aromatic heterocycles. The highest BCUT2D eigenvalue weighted by molar-refractivity contribution is 7.10. The lowest BCUT2D eigenvalue weighted by Crippen LogP contribution is -2.41. The molecule has 0 rings (SSSR count). The van der Waals surface area contributed by atoms with Gasteiger partial charge in [-0.3, -0.25) is 0 Å². The molecule has 1 unspecified atom stereocenters. The van der Waals surface area contributed by atoms with Crippen molar-refractivity contribution in [1.29, 1.82) is 0 Å². The van der Waals surface area contributed by atoms with Crippen LogP contribution in [0, 0.1) is 0 Å². The smallest absolute Gasteiger partial charge is 0.340 e. The summed E-state index contributed by atoms with van der Waals surface area (Å²) in [6.45, 7) is 3.15. The average molecular weight is 224 g/mol. The van der Waals surface area contributed by atoms with E-state index in [0.29, 0.717) is 0 Å². The number of hydrogen-bond donors (Lipinski definition) is 2. The first-order valence-electron chi connectivity index (χ1n) is 3.87. The zero-order chi connectivity index (χ0) is 11.3. The Balaban J connectivity index is 4.24. The van der Waals surface area contributed by atoms with E-state index in [4.69, 9.17) is 10.2 Å². The van der Waals surface area contributed by atoms with Crippen molar-refractivity contribution in [3.8, 4) is 0 Å². The summed E-state index contributed by atoms with van der Waals surface area (Å²) in [6, 6.07) is 0. The van der Waals surface area contributed by atoms with E-state index in [0.717, 1.165) is 0 Å². The number of hydrogen-bond acceptors (Lipinski definition) is 6. The molecule has 3 atom stereocenters. The van der Waals surface area contributed by atoms with Crippen LogP contribution in [-0.2, 0) is 18.8 Å². The number of esters is 1. The molecular weight excluding hydrogens is 211 g/mol. The van der Waals surface area contributed by atoms with Crippen LogP contribution in [0.1, 0.15) is 13.8 Å². The molecule has 82 valence electrons. The van der Waals surface area contributed by atoms with Crippen LogP contribution in [0.15, 0.2) is 0 Å². The maximum absolute atomic E-state index is 11.0. The van der Waals surface area contributed by atoms with E-state index in [2.05, 4.69) is 9.26 Å².